The van der Waals surface area contributed by atoms with E-state index in [0.29, 0.717) is 5.75 Å². The maximum atomic E-state index is 9.65. The second-order valence-corrected chi connectivity index (χ2v) is 7.60. The molecule has 1 heteroatoms. The summed E-state index contributed by atoms with van der Waals surface area (Å²) in [5, 5.41) is 9.65. The van der Waals surface area contributed by atoms with Crippen LogP contribution in [0.2, 0.25) is 0 Å². The Kier molecular flexibility index (Phi) is 5.32. The molecule has 1 N–H and O–H groups in total. The zero-order chi connectivity index (χ0) is 17.9. The number of allylic oxidation sites excluding steroid dienone is 2. The summed E-state index contributed by atoms with van der Waals surface area (Å²) in [6.45, 7) is 6.58. The first-order valence-electron chi connectivity index (χ1n) is 9.59. The number of hydrogen-bond donors (Lipinski definition) is 1. The van der Waals surface area contributed by atoms with Crippen LogP contribution in [-0.4, -0.2) is 5.11 Å². The van der Waals surface area contributed by atoms with Crippen LogP contribution in [0.3, 0.4) is 0 Å². The molecule has 1 atom stereocenters. The molecule has 0 aliphatic heterocycles. The zero-order valence-electron chi connectivity index (χ0n) is 15.8. The van der Waals surface area contributed by atoms with Crippen LogP contribution >= 0.6 is 0 Å². The average molecular weight is 335 g/mol. The van der Waals surface area contributed by atoms with E-state index in [0.717, 1.165) is 5.92 Å². The molecule has 0 spiro atoms. The molecule has 1 aliphatic carbocycles. The van der Waals surface area contributed by atoms with Gasteiger partial charge in [-0.15, -0.1) is 0 Å². The minimum absolute atomic E-state index is 0.173. The summed E-state index contributed by atoms with van der Waals surface area (Å²) >= 11 is 0. The van der Waals surface area contributed by atoms with Gasteiger partial charge in [0.1, 0.15) is 5.75 Å². The second-order valence-electron chi connectivity index (χ2n) is 7.60. The second kappa shape index (κ2) is 7.47. The van der Waals surface area contributed by atoms with Gasteiger partial charge in [-0.3, -0.25) is 0 Å². The molecule has 1 fully saturated rings. The molecular weight excluding hydrogens is 304 g/mol. The van der Waals surface area contributed by atoms with Gasteiger partial charge in [-0.1, -0.05) is 67.3 Å². The number of phenols is 1. The van der Waals surface area contributed by atoms with E-state index >= 15 is 0 Å². The van der Waals surface area contributed by atoms with E-state index in [-0.39, 0.29) is 5.41 Å². The molecule has 0 saturated heterocycles. The predicted molar refractivity (Wildman–Crippen MR) is 106 cm³/mol. The van der Waals surface area contributed by atoms with Gasteiger partial charge in [-0.25, -0.2) is 0 Å². The van der Waals surface area contributed by atoms with Crippen LogP contribution in [0.25, 0.3) is 0 Å². The molecule has 0 bridgehead atoms. The summed E-state index contributed by atoms with van der Waals surface area (Å²) in [7, 11) is 0. The Morgan fingerprint density at radius 1 is 0.920 bits per heavy atom. The van der Waals surface area contributed by atoms with Crippen molar-refractivity contribution in [1.82, 2.24) is 0 Å². The highest BCUT2D eigenvalue weighted by Crippen LogP contribution is 2.40. The third-order valence-corrected chi connectivity index (χ3v) is 6.23. The lowest BCUT2D eigenvalue weighted by molar-refractivity contribution is 0.443. The van der Waals surface area contributed by atoms with Crippen LogP contribution in [0.4, 0.5) is 0 Å². The zero-order valence-corrected chi connectivity index (χ0v) is 15.8. The summed E-state index contributed by atoms with van der Waals surface area (Å²) in [6, 6.07) is 16.9. The summed E-state index contributed by atoms with van der Waals surface area (Å²) in [6.07, 6.45) is 9.01. The topological polar surface area (TPSA) is 20.2 Å². The Labute approximate surface area is 152 Å². The maximum Gasteiger partial charge on any atom is 0.115 e. The lowest BCUT2D eigenvalue weighted by Crippen LogP contribution is -2.25. The number of aromatic hydroxyl groups is 1. The lowest BCUT2D eigenvalue weighted by Gasteiger charge is -2.33. The third kappa shape index (κ3) is 3.51. The van der Waals surface area contributed by atoms with Crippen molar-refractivity contribution in [2.24, 2.45) is 0 Å². The minimum atomic E-state index is -0.173. The molecule has 0 radical (unpaired) electrons. The summed E-state index contributed by atoms with van der Waals surface area (Å²) in [5.74, 6) is 1.06. The Bertz CT molecular complexity index is 718. The van der Waals surface area contributed by atoms with Crippen molar-refractivity contribution in [2.75, 3.05) is 0 Å². The van der Waals surface area contributed by atoms with E-state index in [1.54, 1.807) is 12.1 Å². The van der Waals surface area contributed by atoms with Gasteiger partial charge in [0.25, 0.3) is 0 Å². The van der Waals surface area contributed by atoms with Gasteiger partial charge >= 0.3 is 0 Å². The first kappa shape index (κ1) is 17.8. The molecular formula is C24H30O. The highest BCUT2D eigenvalue weighted by Gasteiger charge is 2.30. The SMILES string of the molecule is C/C=C(\C)C(C)(c1ccc(O)cc1)c1ccc(C2CCCCC2)cc1. The van der Waals surface area contributed by atoms with Gasteiger partial charge in [0.2, 0.25) is 0 Å². The molecule has 1 aliphatic rings. The van der Waals surface area contributed by atoms with Gasteiger partial charge in [0, 0.05) is 5.41 Å². The average Bonchev–Trinajstić information content (AvgIpc) is 2.68. The summed E-state index contributed by atoms with van der Waals surface area (Å²) < 4.78 is 0. The number of benzene rings is 2. The van der Waals surface area contributed by atoms with E-state index < -0.39 is 0 Å². The van der Waals surface area contributed by atoms with Crippen molar-refractivity contribution in [3.05, 3.63) is 76.9 Å². The van der Waals surface area contributed by atoms with Gasteiger partial charge < -0.3 is 5.11 Å². The van der Waals surface area contributed by atoms with E-state index in [1.165, 1.54) is 54.4 Å². The normalized spacial score (nSPS) is 18.8. The van der Waals surface area contributed by atoms with Crippen LogP contribution in [0.5, 0.6) is 5.75 Å². The Morgan fingerprint density at radius 2 is 1.44 bits per heavy atom. The highest BCUT2D eigenvalue weighted by molar-refractivity contribution is 5.48. The van der Waals surface area contributed by atoms with Crippen LogP contribution in [0.15, 0.2) is 60.2 Å². The molecule has 0 heterocycles. The van der Waals surface area contributed by atoms with E-state index in [1.807, 2.05) is 12.1 Å². The fourth-order valence-electron chi connectivity index (χ4n) is 4.23. The van der Waals surface area contributed by atoms with Gasteiger partial charge in [0.15, 0.2) is 0 Å². The molecule has 1 nitrogen and oxygen atoms in total. The van der Waals surface area contributed by atoms with Crippen molar-refractivity contribution >= 4 is 0 Å². The predicted octanol–water partition coefficient (Wildman–Crippen LogP) is 6.71. The monoisotopic (exact) mass is 334 g/mol. The molecule has 2 aromatic carbocycles. The highest BCUT2D eigenvalue weighted by atomic mass is 16.3. The number of rotatable bonds is 4. The molecule has 1 unspecified atom stereocenters. The molecule has 3 rings (SSSR count). The van der Waals surface area contributed by atoms with E-state index in [2.05, 4.69) is 51.1 Å². The van der Waals surface area contributed by atoms with E-state index in [4.69, 9.17) is 0 Å². The fourth-order valence-corrected chi connectivity index (χ4v) is 4.23. The molecule has 25 heavy (non-hydrogen) atoms. The van der Waals surface area contributed by atoms with Crippen LogP contribution < -0.4 is 0 Å². The first-order chi connectivity index (χ1) is 12.1. The van der Waals surface area contributed by atoms with Crippen molar-refractivity contribution in [3.8, 4) is 5.75 Å². The van der Waals surface area contributed by atoms with Gasteiger partial charge in [-0.2, -0.15) is 0 Å². The fraction of sp³-hybridized carbons (Fsp3) is 0.417. The van der Waals surface area contributed by atoms with Gasteiger partial charge in [-0.05, 0) is 68.4 Å². The Morgan fingerprint density at radius 3 is 1.96 bits per heavy atom. The van der Waals surface area contributed by atoms with Crippen molar-refractivity contribution < 1.29 is 5.11 Å². The van der Waals surface area contributed by atoms with Crippen LogP contribution in [0.1, 0.15) is 75.5 Å². The summed E-state index contributed by atoms with van der Waals surface area (Å²) in [5.41, 5.74) is 5.17. The van der Waals surface area contributed by atoms with Crippen molar-refractivity contribution in [2.45, 2.75) is 64.2 Å². The van der Waals surface area contributed by atoms with Crippen LogP contribution in [-0.2, 0) is 5.41 Å². The van der Waals surface area contributed by atoms with Gasteiger partial charge in [0.05, 0.1) is 0 Å². The van der Waals surface area contributed by atoms with E-state index in [9.17, 15) is 5.11 Å². The minimum Gasteiger partial charge on any atom is -0.508 e. The molecule has 1 saturated carbocycles. The molecule has 0 aromatic heterocycles. The molecule has 0 amide bonds. The van der Waals surface area contributed by atoms with Crippen molar-refractivity contribution in [3.63, 3.8) is 0 Å². The Hall–Kier alpha value is -2.02. The Balaban J connectivity index is 1.97. The molecule has 2 aromatic rings. The smallest absolute Gasteiger partial charge is 0.115 e. The first-order valence-corrected chi connectivity index (χ1v) is 9.59. The summed E-state index contributed by atoms with van der Waals surface area (Å²) in [4.78, 5) is 0. The quantitative estimate of drug-likeness (QED) is 0.616. The standard InChI is InChI=1S/C24H30O/c1-4-18(2)24(3,22-14-16-23(25)17-15-22)21-12-10-20(11-13-21)19-8-6-5-7-9-19/h4,10-17,19,25H,5-9H2,1-3H3/b18-4+. The molecule has 132 valence electrons. The van der Waals surface area contributed by atoms with Crippen molar-refractivity contribution in [1.29, 1.82) is 0 Å². The number of hydrogen-bond acceptors (Lipinski definition) is 1. The number of phenolic OH excluding ortho intramolecular Hbond substituents is 1. The maximum absolute atomic E-state index is 9.65. The van der Waals surface area contributed by atoms with Crippen LogP contribution in [0, 0.1) is 0 Å². The largest absolute Gasteiger partial charge is 0.508 e. The lowest BCUT2D eigenvalue weighted by atomic mass is 9.70. The third-order valence-electron chi connectivity index (χ3n) is 6.23.